The molecular weight excluding hydrogens is 404 g/mol. The van der Waals surface area contributed by atoms with Gasteiger partial charge in [0.1, 0.15) is 4.88 Å². The van der Waals surface area contributed by atoms with Gasteiger partial charge >= 0.3 is 5.97 Å². The second kappa shape index (κ2) is 6.92. The van der Waals surface area contributed by atoms with Crippen LogP contribution in [0, 0.1) is 0 Å². The number of methoxy groups -OCH3 is 1. The van der Waals surface area contributed by atoms with Crippen molar-refractivity contribution in [3.63, 3.8) is 0 Å². The number of thiophene rings is 1. The molecular formula is C19H13ClN2O3S2. The fourth-order valence-electron chi connectivity index (χ4n) is 2.77. The van der Waals surface area contributed by atoms with Crippen LogP contribution in [0.15, 0.2) is 47.5 Å². The van der Waals surface area contributed by atoms with E-state index in [1.165, 1.54) is 29.8 Å². The highest BCUT2D eigenvalue weighted by Crippen LogP contribution is 2.35. The Hall–Kier alpha value is -2.48. The molecule has 0 bridgehead atoms. The first-order valence-electron chi connectivity index (χ1n) is 7.93. The van der Waals surface area contributed by atoms with Gasteiger partial charge in [-0.25, -0.2) is 4.79 Å². The minimum Gasteiger partial charge on any atom is -0.465 e. The van der Waals surface area contributed by atoms with Gasteiger partial charge in [-0.05, 0) is 24.3 Å². The Bertz CT molecular complexity index is 1280. The van der Waals surface area contributed by atoms with Crippen LogP contribution in [0.3, 0.4) is 0 Å². The topological polar surface area (TPSA) is 60.7 Å². The maximum Gasteiger partial charge on any atom is 0.337 e. The van der Waals surface area contributed by atoms with Crippen LogP contribution in [0.25, 0.3) is 20.3 Å². The first kappa shape index (κ1) is 17.9. The summed E-state index contributed by atoms with van der Waals surface area (Å²) in [4.78, 5) is 29.7. The zero-order valence-electron chi connectivity index (χ0n) is 14.4. The minimum atomic E-state index is -0.403. The number of carbonyl (C=O) groups excluding carboxylic acids is 2. The fourth-order valence-corrected chi connectivity index (χ4v) is 5.23. The van der Waals surface area contributed by atoms with Crippen molar-refractivity contribution in [2.24, 2.45) is 12.0 Å². The van der Waals surface area contributed by atoms with Crippen molar-refractivity contribution >= 4 is 66.5 Å². The van der Waals surface area contributed by atoms with Gasteiger partial charge in [0.25, 0.3) is 5.91 Å². The van der Waals surface area contributed by atoms with Crippen LogP contribution in [0.5, 0.6) is 0 Å². The summed E-state index contributed by atoms with van der Waals surface area (Å²) < 4.78 is 8.36. The quantitative estimate of drug-likeness (QED) is 0.447. The lowest BCUT2D eigenvalue weighted by Gasteiger charge is -1.99. The lowest BCUT2D eigenvalue weighted by atomic mass is 10.2. The summed E-state index contributed by atoms with van der Waals surface area (Å²) in [7, 11) is 3.17. The molecule has 1 amide bonds. The highest BCUT2D eigenvalue weighted by Gasteiger charge is 2.17. The second-order valence-electron chi connectivity index (χ2n) is 5.78. The molecule has 2 aromatic heterocycles. The van der Waals surface area contributed by atoms with Crippen molar-refractivity contribution < 1.29 is 14.3 Å². The summed E-state index contributed by atoms with van der Waals surface area (Å²) in [5, 5.41) is 1.28. The number of hydrogen-bond donors (Lipinski definition) is 0. The molecule has 2 aromatic carbocycles. The molecule has 0 aliphatic carbocycles. The van der Waals surface area contributed by atoms with Crippen LogP contribution in [-0.2, 0) is 11.8 Å². The van der Waals surface area contributed by atoms with E-state index in [1.54, 1.807) is 12.1 Å². The molecule has 0 aliphatic heterocycles. The number of aromatic nitrogens is 1. The van der Waals surface area contributed by atoms with E-state index in [-0.39, 0.29) is 5.91 Å². The van der Waals surface area contributed by atoms with Crippen LogP contribution in [-0.4, -0.2) is 23.6 Å². The van der Waals surface area contributed by atoms with E-state index in [0.29, 0.717) is 20.3 Å². The number of amides is 1. The lowest BCUT2D eigenvalue weighted by Crippen LogP contribution is -2.13. The highest BCUT2D eigenvalue weighted by molar-refractivity contribution is 7.21. The molecule has 4 aromatic rings. The lowest BCUT2D eigenvalue weighted by molar-refractivity contribution is 0.0601. The zero-order chi connectivity index (χ0) is 19.1. The van der Waals surface area contributed by atoms with Gasteiger partial charge in [-0.2, -0.15) is 4.99 Å². The Labute approximate surface area is 167 Å². The predicted octanol–water partition coefficient (Wildman–Crippen LogP) is 4.64. The van der Waals surface area contributed by atoms with E-state index >= 15 is 0 Å². The molecule has 8 heteroatoms. The molecule has 2 heterocycles. The van der Waals surface area contributed by atoms with Gasteiger partial charge in [0.05, 0.1) is 27.9 Å². The maximum atomic E-state index is 12.7. The van der Waals surface area contributed by atoms with E-state index < -0.39 is 5.97 Å². The molecule has 136 valence electrons. The molecule has 4 rings (SSSR count). The number of esters is 1. The normalized spacial score (nSPS) is 12.0. The molecule has 0 saturated carbocycles. The summed E-state index contributed by atoms with van der Waals surface area (Å²) in [6.45, 7) is 0. The van der Waals surface area contributed by atoms with E-state index in [4.69, 9.17) is 16.3 Å². The van der Waals surface area contributed by atoms with Crippen molar-refractivity contribution in [2.75, 3.05) is 7.11 Å². The van der Waals surface area contributed by atoms with E-state index in [1.807, 2.05) is 41.9 Å². The molecule has 5 nitrogen and oxygen atoms in total. The van der Waals surface area contributed by atoms with E-state index in [2.05, 4.69) is 4.99 Å². The van der Waals surface area contributed by atoms with Crippen LogP contribution in [0.2, 0.25) is 5.02 Å². The van der Waals surface area contributed by atoms with Gasteiger partial charge in [0, 0.05) is 17.1 Å². The SMILES string of the molecule is COC(=O)c1ccc2c(c1)sc(=NC(=O)c1sc3ccccc3c1Cl)n2C. The number of aryl methyl sites for hydroxylation is 1. The van der Waals surface area contributed by atoms with Gasteiger partial charge in [-0.15, -0.1) is 11.3 Å². The van der Waals surface area contributed by atoms with Gasteiger partial charge in [-0.1, -0.05) is 41.1 Å². The van der Waals surface area contributed by atoms with Crippen molar-refractivity contribution in [1.82, 2.24) is 4.57 Å². The summed E-state index contributed by atoms with van der Waals surface area (Å²) >= 11 is 9.05. The Morgan fingerprint density at radius 3 is 2.63 bits per heavy atom. The third-order valence-corrected chi connectivity index (χ3v) is 6.91. The van der Waals surface area contributed by atoms with Crippen LogP contribution in [0.4, 0.5) is 0 Å². The third-order valence-electron chi connectivity index (χ3n) is 4.16. The Morgan fingerprint density at radius 1 is 1.11 bits per heavy atom. The molecule has 0 aliphatic rings. The number of thiazole rings is 1. The molecule has 0 unspecified atom stereocenters. The number of hydrogen-bond acceptors (Lipinski definition) is 5. The van der Waals surface area contributed by atoms with E-state index in [9.17, 15) is 9.59 Å². The molecule has 0 spiro atoms. The van der Waals surface area contributed by atoms with Gasteiger partial charge in [0.2, 0.25) is 0 Å². The second-order valence-corrected chi connectivity index (χ2v) is 8.22. The number of carbonyl (C=O) groups is 2. The van der Waals surface area contributed by atoms with Crippen molar-refractivity contribution in [1.29, 1.82) is 0 Å². The third kappa shape index (κ3) is 3.07. The number of nitrogens with zero attached hydrogens (tertiary/aromatic N) is 2. The number of halogens is 1. The van der Waals surface area contributed by atoms with Gasteiger partial charge < -0.3 is 9.30 Å². The number of ether oxygens (including phenoxy) is 1. The van der Waals surface area contributed by atoms with Crippen LogP contribution >= 0.6 is 34.3 Å². The largest absolute Gasteiger partial charge is 0.465 e. The van der Waals surface area contributed by atoms with Gasteiger partial charge in [-0.3, -0.25) is 4.79 Å². The Balaban J connectivity index is 1.81. The summed E-state index contributed by atoms with van der Waals surface area (Å²) in [5.74, 6) is -0.781. The maximum absolute atomic E-state index is 12.7. The summed E-state index contributed by atoms with van der Waals surface area (Å²) in [6, 6.07) is 12.9. The minimum absolute atomic E-state index is 0.378. The number of rotatable bonds is 2. The fraction of sp³-hybridized carbons (Fsp3) is 0.105. The zero-order valence-corrected chi connectivity index (χ0v) is 16.7. The first-order valence-corrected chi connectivity index (χ1v) is 9.94. The molecule has 0 atom stereocenters. The smallest absolute Gasteiger partial charge is 0.337 e. The summed E-state index contributed by atoms with van der Waals surface area (Å²) in [6.07, 6.45) is 0. The van der Waals surface area contributed by atoms with Crippen molar-refractivity contribution in [2.45, 2.75) is 0 Å². The van der Waals surface area contributed by atoms with Crippen LogP contribution < -0.4 is 4.80 Å². The van der Waals surface area contributed by atoms with Gasteiger partial charge in [0.15, 0.2) is 4.80 Å². The molecule has 0 radical (unpaired) electrons. The number of benzene rings is 2. The predicted molar refractivity (Wildman–Crippen MR) is 109 cm³/mol. The highest BCUT2D eigenvalue weighted by atomic mass is 35.5. The monoisotopic (exact) mass is 416 g/mol. The molecule has 0 fully saturated rings. The number of fused-ring (bicyclic) bond motifs is 2. The first-order chi connectivity index (χ1) is 13.0. The Morgan fingerprint density at radius 2 is 1.89 bits per heavy atom. The Kier molecular flexibility index (Phi) is 4.59. The van der Waals surface area contributed by atoms with Crippen molar-refractivity contribution in [3.05, 3.63) is 62.7 Å². The van der Waals surface area contributed by atoms with Crippen LogP contribution in [0.1, 0.15) is 20.0 Å². The van der Waals surface area contributed by atoms with E-state index in [0.717, 1.165) is 20.3 Å². The van der Waals surface area contributed by atoms with Crippen molar-refractivity contribution in [3.8, 4) is 0 Å². The average molecular weight is 417 g/mol. The average Bonchev–Trinajstić information content (AvgIpc) is 3.18. The standard InChI is InChI=1S/C19H13ClN2O3S2/c1-22-12-8-7-10(18(24)25-2)9-14(12)27-19(22)21-17(23)16-15(20)11-5-3-4-6-13(11)26-16/h3-9H,1-2H3. The molecule has 0 saturated heterocycles. The summed E-state index contributed by atoms with van der Waals surface area (Å²) in [5.41, 5.74) is 1.33. The molecule has 27 heavy (non-hydrogen) atoms. The molecule has 0 N–H and O–H groups in total.